The molecule has 1 unspecified atom stereocenters. The van der Waals surface area contributed by atoms with E-state index in [1.807, 2.05) is 0 Å². The Hall–Kier alpha value is -0.0400. The standard InChI is InChI=1S/C21H36O/c1-4-14-6-8-18-17-7-5-15-13-16(22)9-11-21(15,3)19(17)10-12-20(14,18)2/h14-19,22H,4-13H2,1-3H3/t14-,15+,16?,17-,18-,19-,20+,21-/m0/s1. The van der Waals surface area contributed by atoms with Gasteiger partial charge in [0.2, 0.25) is 0 Å². The summed E-state index contributed by atoms with van der Waals surface area (Å²) in [7, 11) is 0. The van der Waals surface area contributed by atoms with Crippen molar-refractivity contribution in [1.29, 1.82) is 0 Å². The zero-order valence-corrected chi connectivity index (χ0v) is 15.0. The van der Waals surface area contributed by atoms with Crippen LogP contribution in [0, 0.1) is 40.4 Å². The first kappa shape index (κ1) is 15.5. The van der Waals surface area contributed by atoms with Gasteiger partial charge in [-0.2, -0.15) is 0 Å². The maximum Gasteiger partial charge on any atom is 0.0543 e. The Kier molecular flexibility index (Phi) is 3.68. The number of rotatable bonds is 1. The molecule has 0 saturated heterocycles. The molecule has 4 fully saturated rings. The van der Waals surface area contributed by atoms with Crippen LogP contribution in [0.3, 0.4) is 0 Å². The lowest BCUT2D eigenvalue weighted by Crippen LogP contribution is -2.53. The van der Waals surface area contributed by atoms with Gasteiger partial charge >= 0.3 is 0 Å². The zero-order chi connectivity index (χ0) is 15.5. The van der Waals surface area contributed by atoms with Crippen molar-refractivity contribution in [2.75, 3.05) is 0 Å². The lowest BCUT2D eigenvalue weighted by molar-refractivity contribution is -0.126. The van der Waals surface area contributed by atoms with E-state index < -0.39 is 0 Å². The molecule has 0 bridgehead atoms. The quantitative estimate of drug-likeness (QED) is 0.686. The van der Waals surface area contributed by atoms with Gasteiger partial charge in [-0.1, -0.05) is 27.2 Å². The summed E-state index contributed by atoms with van der Waals surface area (Å²) >= 11 is 0. The van der Waals surface area contributed by atoms with E-state index in [1.165, 1.54) is 51.4 Å². The largest absolute Gasteiger partial charge is 0.393 e. The summed E-state index contributed by atoms with van der Waals surface area (Å²) < 4.78 is 0. The van der Waals surface area contributed by atoms with Crippen LogP contribution in [0.15, 0.2) is 0 Å². The van der Waals surface area contributed by atoms with Crippen LogP contribution in [0.4, 0.5) is 0 Å². The fourth-order valence-corrected chi connectivity index (χ4v) is 8.01. The topological polar surface area (TPSA) is 20.2 Å². The van der Waals surface area contributed by atoms with Crippen LogP contribution in [-0.4, -0.2) is 11.2 Å². The molecular formula is C21H36O. The second kappa shape index (κ2) is 5.23. The van der Waals surface area contributed by atoms with Crippen LogP contribution in [0.1, 0.15) is 85.0 Å². The smallest absolute Gasteiger partial charge is 0.0543 e. The van der Waals surface area contributed by atoms with E-state index in [-0.39, 0.29) is 6.10 Å². The lowest BCUT2D eigenvalue weighted by Gasteiger charge is -2.61. The molecule has 0 aromatic carbocycles. The van der Waals surface area contributed by atoms with Crippen LogP contribution in [-0.2, 0) is 0 Å². The van der Waals surface area contributed by atoms with E-state index >= 15 is 0 Å². The molecule has 22 heavy (non-hydrogen) atoms. The van der Waals surface area contributed by atoms with Crippen LogP contribution >= 0.6 is 0 Å². The predicted molar refractivity (Wildman–Crippen MR) is 91.5 cm³/mol. The molecule has 126 valence electrons. The first-order chi connectivity index (χ1) is 10.5. The lowest BCUT2D eigenvalue weighted by atomic mass is 9.44. The van der Waals surface area contributed by atoms with Gasteiger partial charge in [0.25, 0.3) is 0 Å². The van der Waals surface area contributed by atoms with Gasteiger partial charge in [0.1, 0.15) is 0 Å². The van der Waals surface area contributed by atoms with E-state index in [0.717, 1.165) is 42.4 Å². The summed E-state index contributed by atoms with van der Waals surface area (Å²) in [5.41, 5.74) is 1.21. The highest BCUT2D eigenvalue weighted by molar-refractivity contribution is 5.08. The van der Waals surface area contributed by atoms with Crippen molar-refractivity contribution in [3.63, 3.8) is 0 Å². The van der Waals surface area contributed by atoms with E-state index in [0.29, 0.717) is 10.8 Å². The average Bonchev–Trinajstić information content (AvgIpc) is 2.84. The molecule has 0 aliphatic heterocycles. The van der Waals surface area contributed by atoms with Gasteiger partial charge in [-0.25, -0.2) is 0 Å². The molecule has 4 rings (SSSR count). The van der Waals surface area contributed by atoms with Crippen molar-refractivity contribution in [3.05, 3.63) is 0 Å². The van der Waals surface area contributed by atoms with Gasteiger partial charge in [-0.15, -0.1) is 0 Å². The minimum Gasteiger partial charge on any atom is -0.393 e. The third kappa shape index (κ3) is 2.00. The minimum absolute atomic E-state index is 0.000524. The highest BCUT2D eigenvalue weighted by Gasteiger charge is 2.59. The summed E-state index contributed by atoms with van der Waals surface area (Å²) in [6, 6.07) is 0. The maximum absolute atomic E-state index is 10.1. The van der Waals surface area contributed by atoms with Crippen LogP contribution in [0.5, 0.6) is 0 Å². The SMILES string of the molecule is CC[C@H]1CC[C@H]2[C@@H]3CC[C@@H]4CC(O)CC[C@]4(C)[C@H]3CC[C@]12C. The molecular weight excluding hydrogens is 268 g/mol. The summed E-state index contributed by atoms with van der Waals surface area (Å²) in [6.07, 6.45) is 13.7. The fourth-order valence-electron chi connectivity index (χ4n) is 8.01. The Morgan fingerprint density at radius 2 is 1.59 bits per heavy atom. The van der Waals surface area contributed by atoms with Crippen molar-refractivity contribution >= 4 is 0 Å². The molecule has 0 amide bonds. The summed E-state index contributed by atoms with van der Waals surface area (Å²) in [6.45, 7) is 7.68. The maximum atomic E-state index is 10.1. The van der Waals surface area contributed by atoms with E-state index in [9.17, 15) is 5.11 Å². The van der Waals surface area contributed by atoms with Gasteiger partial charge < -0.3 is 5.11 Å². The molecule has 1 nitrogen and oxygen atoms in total. The Balaban J connectivity index is 1.61. The molecule has 1 heteroatoms. The van der Waals surface area contributed by atoms with Crippen molar-refractivity contribution in [2.45, 2.75) is 91.1 Å². The Bertz CT molecular complexity index is 432. The normalized spacial score (nSPS) is 57.8. The summed E-state index contributed by atoms with van der Waals surface area (Å²) in [5.74, 6) is 4.79. The van der Waals surface area contributed by atoms with E-state index in [2.05, 4.69) is 20.8 Å². The Morgan fingerprint density at radius 3 is 2.36 bits per heavy atom. The van der Waals surface area contributed by atoms with Crippen LogP contribution in [0.25, 0.3) is 0 Å². The zero-order valence-electron chi connectivity index (χ0n) is 15.0. The van der Waals surface area contributed by atoms with Crippen LogP contribution < -0.4 is 0 Å². The van der Waals surface area contributed by atoms with Gasteiger partial charge in [0.15, 0.2) is 0 Å². The predicted octanol–water partition coefficient (Wildman–Crippen LogP) is 5.42. The Morgan fingerprint density at radius 1 is 0.864 bits per heavy atom. The molecule has 1 N–H and O–H groups in total. The van der Waals surface area contributed by atoms with Crippen molar-refractivity contribution < 1.29 is 5.11 Å². The van der Waals surface area contributed by atoms with Gasteiger partial charge in [-0.05, 0) is 98.2 Å². The monoisotopic (exact) mass is 304 g/mol. The molecule has 0 aromatic heterocycles. The number of fused-ring (bicyclic) bond motifs is 5. The molecule has 0 aromatic rings. The first-order valence-corrected chi connectivity index (χ1v) is 10.2. The number of aliphatic hydroxyl groups is 1. The molecule has 4 saturated carbocycles. The Labute approximate surface area is 137 Å². The molecule has 8 atom stereocenters. The number of aliphatic hydroxyl groups excluding tert-OH is 1. The first-order valence-electron chi connectivity index (χ1n) is 10.2. The summed E-state index contributed by atoms with van der Waals surface area (Å²) in [4.78, 5) is 0. The molecule has 0 radical (unpaired) electrons. The number of hydrogen-bond acceptors (Lipinski definition) is 1. The van der Waals surface area contributed by atoms with Crippen molar-refractivity contribution in [3.8, 4) is 0 Å². The van der Waals surface area contributed by atoms with Gasteiger partial charge in [0.05, 0.1) is 6.10 Å². The van der Waals surface area contributed by atoms with Gasteiger partial charge in [-0.3, -0.25) is 0 Å². The second-order valence-electron chi connectivity index (χ2n) is 9.81. The van der Waals surface area contributed by atoms with Crippen molar-refractivity contribution in [2.24, 2.45) is 40.4 Å². The molecule has 4 aliphatic carbocycles. The van der Waals surface area contributed by atoms with Crippen LogP contribution in [0.2, 0.25) is 0 Å². The third-order valence-corrected chi connectivity index (χ3v) is 9.33. The second-order valence-corrected chi connectivity index (χ2v) is 9.81. The molecule has 0 heterocycles. The molecule has 0 spiro atoms. The van der Waals surface area contributed by atoms with Gasteiger partial charge in [0, 0.05) is 0 Å². The van der Waals surface area contributed by atoms with E-state index in [1.54, 1.807) is 0 Å². The third-order valence-electron chi connectivity index (χ3n) is 9.33. The highest BCUT2D eigenvalue weighted by Crippen LogP contribution is 2.67. The average molecular weight is 305 g/mol. The number of hydrogen-bond donors (Lipinski definition) is 1. The molecule has 4 aliphatic rings. The minimum atomic E-state index is -0.000524. The fraction of sp³-hybridized carbons (Fsp3) is 1.00. The summed E-state index contributed by atoms with van der Waals surface area (Å²) in [5, 5.41) is 10.1. The highest BCUT2D eigenvalue weighted by atomic mass is 16.3. The van der Waals surface area contributed by atoms with E-state index in [4.69, 9.17) is 0 Å². The van der Waals surface area contributed by atoms with Crippen molar-refractivity contribution in [1.82, 2.24) is 0 Å².